The van der Waals surface area contributed by atoms with Gasteiger partial charge in [0.1, 0.15) is 0 Å². The molecule has 1 aromatic carbocycles. The monoisotopic (exact) mass is 163 g/mol. The number of aryl methyl sites for hydroxylation is 2. The molecule has 0 aliphatic heterocycles. The Morgan fingerprint density at radius 1 is 1.11 bits per heavy atom. The zero-order valence-electron chi connectivity index (χ0n) is 5.55. The Kier molecular flexibility index (Phi) is 3.57. The third kappa shape index (κ3) is 2.67. The van der Waals surface area contributed by atoms with Crippen LogP contribution in [0.25, 0.3) is 0 Å². The van der Waals surface area contributed by atoms with Gasteiger partial charge in [-0.2, -0.15) is 35.4 Å². The minimum absolute atomic E-state index is 0. The van der Waals surface area contributed by atoms with E-state index in [9.17, 15) is 0 Å². The number of rotatable bonds is 0. The molecule has 0 amide bonds. The van der Waals surface area contributed by atoms with Gasteiger partial charge >= 0.3 is 0 Å². The predicted molar refractivity (Wildman–Crippen MR) is 34.8 cm³/mol. The summed E-state index contributed by atoms with van der Waals surface area (Å²) in [5.74, 6) is 0. The molecule has 1 rings (SSSR count). The molecule has 0 aliphatic rings. The summed E-state index contributed by atoms with van der Waals surface area (Å²) >= 11 is 0. The molecule has 0 fully saturated rings. The van der Waals surface area contributed by atoms with E-state index in [-0.39, 0.29) is 16.5 Å². The van der Waals surface area contributed by atoms with Crippen molar-refractivity contribution in [1.29, 1.82) is 0 Å². The van der Waals surface area contributed by atoms with Crippen molar-refractivity contribution in [2.24, 2.45) is 0 Å². The van der Waals surface area contributed by atoms with Gasteiger partial charge in [0.25, 0.3) is 0 Å². The zero-order valence-corrected chi connectivity index (χ0v) is 6.54. The summed E-state index contributed by atoms with van der Waals surface area (Å²) in [4.78, 5) is 0. The fourth-order valence-electron chi connectivity index (χ4n) is 0.747. The Balaban J connectivity index is 0.000000640. The number of hydrogen-bond acceptors (Lipinski definition) is 0. The molecule has 0 atom stereocenters. The molecule has 9 heavy (non-hydrogen) atoms. The molecule has 0 saturated heterocycles. The van der Waals surface area contributed by atoms with Gasteiger partial charge in [-0.15, -0.1) is 0 Å². The van der Waals surface area contributed by atoms with Crippen LogP contribution in [0.4, 0.5) is 0 Å². The SMILES string of the molecule is Cc1c[c-]cc(C)c1.[Ni]. The molecular weight excluding hydrogens is 155 g/mol. The molecule has 1 heteroatoms. The maximum atomic E-state index is 3.03. The number of hydrogen-bond donors (Lipinski definition) is 0. The first-order chi connectivity index (χ1) is 3.79. The van der Waals surface area contributed by atoms with Crippen LogP contribution in [0.5, 0.6) is 0 Å². The molecule has 0 heterocycles. The van der Waals surface area contributed by atoms with Gasteiger partial charge in [-0.3, -0.25) is 0 Å². The van der Waals surface area contributed by atoms with Crippen LogP contribution in [0.2, 0.25) is 0 Å². The van der Waals surface area contributed by atoms with Crippen molar-refractivity contribution >= 4 is 0 Å². The van der Waals surface area contributed by atoms with Crippen molar-refractivity contribution in [1.82, 2.24) is 0 Å². The Bertz CT molecular complexity index is 164. The largest absolute Gasteiger partial charge is 0.183 e. The summed E-state index contributed by atoms with van der Waals surface area (Å²) in [6, 6.07) is 9.12. The summed E-state index contributed by atoms with van der Waals surface area (Å²) in [6.45, 7) is 4.15. The van der Waals surface area contributed by atoms with Gasteiger partial charge in [0.15, 0.2) is 0 Å². The van der Waals surface area contributed by atoms with Crippen LogP contribution in [-0.4, -0.2) is 0 Å². The molecular formula is C8H9Ni-. The normalized spacial score (nSPS) is 8.22. The van der Waals surface area contributed by atoms with Crippen LogP contribution >= 0.6 is 0 Å². The minimum Gasteiger partial charge on any atom is -0.183 e. The van der Waals surface area contributed by atoms with Gasteiger partial charge < -0.3 is 0 Å². The molecule has 0 spiro atoms. The molecule has 0 unspecified atom stereocenters. The van der Waals surface area contributed by atoms with Crippen molar-refractivity contribution in [3.05, 3.63) is 35.4 Å². The molecule has 1 aromatic rings. The second-order valence-corrected chi connectivity index (χ2v) is 2.09. The average molecular weight is 164 g/mol. The summed E-state index contributed by atoms with van der Waals surface area (Å²) in [7, 11) is 0. The third-order valence-corrected chi connectivity index (χ3v) is 1.08. The van der Waals surface area contributed by atoms with E-state index in [1.54, 1.807) is 0 Å². The second kappa shape index (κ2) is 3.68. The molecule has 0 nitrogen and oxygen atoms in total. The first-order valence-electron chi connectivity index (χ1n) is 2.73. The van der Waals surface area contributed by atoms with Gasteiger partial charge in [0.05, 0.1) is 0 Å². The average Bonchev–Trinajstić information content (AvgIpc) is 1.64. The van der Waals surface area contributed by atoms with Crippen LogP contribution in [0.15, 0.2) is 18.2 Å². The smallest absolute Gasteiger partial charge is 0 e. The van der Waals surface area contributed by atoms with Crippen molar-refractivity contribution in [3.8, 4) is 0 Å². The fraction of sp³-hybridized carbons (Fsp3) is 0.250. The second-order valence-electron chi connectivity index (χ2n) is 2.09. The molecule has 0 saturated carbocycles. The number of benzene rings is 1. The Morgan fingerprint density at radius 2 is 1.56 bits per heavy atom. The molecule has 0 N–H and O–H groups in total. The minimum atomic E-state index is 0. The Hall–Kier alpha value is -0.286. The fourth-order valence-corrected chi connectivity index (χ4v) is 0.747. The van der Waals surface area contributed by atoms with E-state index < -0.39 is 0 Å². The zero-order chi connectivity index (χ0) is 5.98. The first-order valence-corrected chi connectivity index (χ1v) is 2.73. The first kappa shape index (κ1) is 8.71. The van der Waals surface area contributed by atoms with E-state index >= 15 is 0 Å². The predicted octanol–water partition coefficient (Wildman–Crippen LogP) is 2.10. The molecule has 0 radical (unpaired) electrons. The van der Waals surface area contributed by atoms with Crippen LogP contribution in [-0.2, 0) is 16.5 Å². The molecule has 0 aromatic heterocycles. The maximum Gasteiger partial charge on any atom is 0 e. The van der Waals surface area contributed by atoms with Crippen molar-refractivity contribution in [2.75, 3.05) is 0 Å². The molecule has 0 bridgehead atoms. The standard InChI is InChI=1S/C8H9.Ni/c1-7-4-3-5-8(2)6-7;/h4-6H,1-2H3;/q-1;. The molecule has 52 valence electrons. The van der Waals surface area contributed by atoms with E-state index in [1.165, 1.54) is 11.1 Å². The van der Waals surface area contributed by atoms with E-state index in [2.05, 4.69) is 26.0 Å². The van der Waals surface area contributed by atoms with Crippen LogP contribution < -0.4 is 0 Å². The maximum absolute atomic E-state index is 3.03. The van der Waals surface area contributed by atoms with Gasteiger partial charge in [0.2, 0.25) is 0 Å². The summed E-state index contributed by atoms with van der Waals surface area (Å²) in [5.41, 5.74) is 2.56. The van der Waals surface area contributed by atoms with E-state index in [1.807, 2.05) is 12.1 Å². The summed E-state index contributed by atoms with van der Waals surface area (Å²) in [5, 5.41) is 0. The Labute approximate surface area is 66.2 Å². The van der Waals surface area contributed by atoms with E-state index in [0.717, 1.165) is 0 Å². The van der Waals surface area contributed by atoms with Crippen molar-refractivity contribution in [3.63, 3.8) is 0 Å². The van der Waals surface area contributed by atoms with Crippen LogP contribution in [0, 0.1) is 19.9 Å². The van der Waals surface area contributed by atoms with Crippen molar-refractivity contribution < 1.29 is 16.5 Å². The Morgan fingerprint density at radius 3 is 1.78 bits per heavy atom. The van der Waals surface area contributed by atoms with Gasteiger partial charge in [-0.25, -0.2) is 0 Å². The summed E-state index contributed by atoms with van der Waals surface area (Å²) < 4.78 is 0. The van der Waals surface area contributed by atoms with Crippen LogP contribution in [0.1, 0.15) is 11.1 Å². The molecule has 0 aliphatic carbocycles. The van der Waals surface area contributed by atoms with Gasteiger partial charge in [-0.1, -0.05) is 13.8 Å². The van der Waals surface area contributed by atoms with Gasteiger partial charge in [0, 0.05) is 16.5 Å². The van der Waals surface area contributed by atoms with E-state index in [0.29, 0.717) is 0 Å². The van der Waals surface area contributed by atoms with E-state index in [4.69, 9.17) is 0 Å². The van der Waals surface area contributed by atoms with Crippen molar-refractivity contribution in [2.45, 2.75) is 13.8 Å². The van der Waals surface area contributed by atoms with Gasteiger partial charge in [-0.05, 0) is 0 Å². The quantitative estimate of drug-likeness (QED) is 0.406. The summed E-state index contributed by atoms with van der Waals surface area (Å²) in [6.07, 6.45) is 0. The topological polar surface area (TPSA) is 0 Å². The van der Waals surface area contributed by atoms with Crippen LogP contribution in [0.3, 0.4) is 0 Å². The third-order valence-electron chi connectivity index (χ3n) is 1.08.